The van der Waals surface area contributed by atoms with Crippen LogP contribution in [0.25, 0.3) is 22.0 Å². The Kier molecular flexibility index (Phi) is 20.7. The molecular formula is C66H63ClF8N9NaO14S. The third-order valence-corrected chi connectivity index (χ3v) is 18.8. The number of pyridine rings is 1. The van der Waals surface area contributed by atoms with E-state index in [2.05, 4.69) is 37.0 Å². The van der Waals surface area contributed by atoms with Crippen LogP contribution in [-0.2, 0) is 99.8 Å². The molecule has 0 saturated heterocycles. The maximum Gasteiger partial charge on any atom is 1.00 e. The molecule has 5 heterocycles. The molecule has 3 fully saturated rings. The number of hydrogen-bond acceptors (Lipinski definition) is 19. The van der Waals surface area contributed by atoms with Gasteiger partial charge in [0.25, 0.3) is 17.8 Å². The van der Waals surface area contributed by atoms with Crippen LogP contribution in [0, 0.1) is 41.2 Å². The van der Waals surface area contributed by atoms with E-state index in [1.807, 2.05) is 0 Å². The third-order valence-electron chi connectivity index (χ3n) is 17.7. The van der Waals surface area contributed by atoms with Gasteiger partial charge in [-0.15, -0.1) is 0 Å². The zero-order valence-electron chi connectivity index (χ0n) is 55.2. The molecule has 6 aliphatic carbocycles. The summed E-state index contributed by atoms with van der Waals surface area (Å²) >= 11 is 6.66. The van der Waals surface area contributed by atoms with E-state index in [4.69, 9.17) is 30.8 Å². The van der Waals surface area contributed by atoms with Crippen LogP contribution < -0.4 is 34.7 Å². The molecule has 2 aromatic carbocycles. The Morgan fingerprint density at radius 3 is 1.59 bits per heavy atom. The van der Waals surface area contributed by atoms with E-state index in [1.54, 1.807) is 52.1 Å². The van der Waals surface area contributed by atoms with Crippen LogP contribution in [0.3, 0.4) is 0 Å². The molecule has 0 radical (unpaired) electrons. The predicted molar refractivity (Wildman–Crippen MR) is 329 cm³/mol. The first kappa shape index (κ1) is 74.6. The fraction of sp³-hybridized carbons (Fsp3) is 0.470. The van der Waals surface area contributed by atoms with Crippen LogP contribution in [-0.4, -0.2) is 132 Å². The standard InChI is InChI=1S/C41H38ClF4N5O6S.C13H14F2N2O4.C12H12F2N2O4.Na/c1-6-57-39(53)36-33-29-18-30(29)41(45,46)38(33)51(49-36)19-26(52)16-22(13-21-14-23(43)17-24(44)15-21)35-27(8-7-25(47-35)11-12-40(2,3)54)28-9-10-31(42)34-32(20-58(5,55)56)48-50(4)37(28)34;1-3-21-12(19)10-9-6-4-7(6)13(14,15)11(9)17(16-10)5-8(18)20-2;1-2-20-11(19)9-8-5-3-6(5)12(13,14)10(8)16(15-9)4-7(17)18;/h7-10,14-15,17,22,29-30,54H,6,13,16,18-20H2,1-5H3;6-7H,3-5H2,1-2H3;5-6H,2-4H2,1H3,(H,17,18);/q;;;+1/p-1/t22-,29+,30-;6-,7?;5-,6?;/m100./s1. The first-order valence-electron chi connectivity index (χ1n) is 31.2. The van der Waals surface area contributed by atoms with Gasteiger partial charge in [0.15, 0.2) is 32.7 Å². The normalized spacial score (nSPS) is 20.1. The van der Waals surface area contributed by atoms with Crippen molar-refractivity contribution in [2.75, 3.05) is 33.2 Å². The molecule has 0 spiro atoms. The molecule has 3 saturated carbocycles. The predicted octanol–water partition coefficient (Wildman–Crippen LogP) is 5.27. The van der Waals surface area contributed by atoms with Gasteiger partial charge in [-0.25, -0.2) is 36.6 Å². The van der Waals surface area contributed by atoms with Crippen molar-refractivity contribution in [3.05, 3.63) is 133 Å². The van der Waals surface area contributed by atoms with Crippen molar-refractivity contribution in [1.29, 1.82) is 0 Å². The second-order valence-electron chi connectivity index (χ2n) is 25.4. The number of hydrogen-bond donors (Lipinski definition) is 1. The van der Waals surface area contributed by atoms with E-state index in [0.29, 0.717) is 39.2 Å². The number of benzene rings is 2. The number of rotatable bonds is 20. The Bertz CT molecular complexity index is 4690. The molecule has 5 aromatic heterocycles. The van der Waals surface area contributed by atoms with Crippen LogP contribution in [0.4, 0.5) is 35.1 Å². The smallest absolute Gasteiger partial charge is 0.548 e. The van der Waals surface area contributed by atoms with Crippen molar-refractivity contribution >= 4 is 68.0 Å². The summed E-state index contributed by atoms with van der Waals surface area (Å²) < 4.78 is 165. The number of aromatic nitrogens is 9. The summed E-state index contributed by atoms with van der Waals surface area (Å²) in [5, 5.41) is 37.8. The number of carboxylic acids is 1. The number of carbonyl (C=O) groups is 6. The van der Waals surface area contributed by atoms with Gasteiger partial charge in [0.1, 0.15) is 53.1 Å². The van der Waals surface area contributed by atoms with Gasteiger partial charge in [-0.1, -0.05) is 23.6 Å². The van der Waals surface area contributed by atoms with Gasteiger partial charge in [0.05, 0.1) is 67.1 Å². The number of aliphatic carboxylic acids is 1. The van der Waals surface area contributed by atoms with Crippen LogP contribution in [0.1, 0.15) is 172 Å². The van der Waals surface area contributed by atoms with Crippen molar-refractivity contribution in [2.45, 2.75) is 139 Å². The minimum Gasteiger partial charge on any atom is -0.548 e. The summed E-state index contributed by atoms with van der Waals surface area (Å²) in [5.74, 6) is -16.6. The molecule has 7 atom stereocenters. The summed E-state index contributed by atoms with van der Waals surface area (Å²) in [7, 11) is -0.790. The minimum absolute atomic E-state index is 0. The molecule has 526 valence electrons. The van der Waals surface area contributed by atoms with E-state index in [-0.39, 0.29) is 142 Å². The van der Waals surface area contributed by atoms with Gasteiger partial charge in [-0.3, -0.25) is 28.3 Å². The number of sulfone groups is 1. The Morgan fingerprint density at radius 2 is 1.16 bits per heavy atom. The molecule has 1 N–H and O–H groups in total. The average Bonchev–Trinajstić information content (AvgIpc) is 1.54. The number of ketones is 1. The Labute approximate surface area is 592 Å². The van der Waals surface area contributed by atoms with E-state index in [0.717, 1.165) is 34.9 Å². The van der Waals surface area contributed by atoms with Crippen LogP contribution in [0.2, 0.25) is 5.02 Å². The zero-order chi connectivity index (χ0) is 72.1. The van der Waals surface area contributed by atoms with Crippen molar-refractivity contribution in [3.8, 4) is 23.0 Å². The van der Waals surface area contributed by atoms with Gasteiger partial charge in [-0.2, -0.15) is 46.7 Å². The number of carboxylic acid groups (broad SMARTS) is 1. The number of fused-ring (bicyclic) bond motifs is 10. The maximum absolute atomic E-state index is 15.7. The average molecular weight is 1450 g/mol. The van der Waals surface area contributed by atoms with Crippen LogP contribution >= 0.6 is 11.6 Å². The summed E-state index contributed by atoms with van der Waals surface area (Å²) in [4.78, 5) is 77.6. The van der Waals surface area contributed by atoms with Crippen molar-refractivity contribution < 1.29 is 131 Å². The van der Waals surface area contributed by atoms with Crippen molar-refractivity contribution in [2.24, 2.45) is 24.8 Å². The van der Waals surface area contributed by atoms with E-state index in [9.17, 15) is 73.7 Å². The topological polar surface area (TPSA) is 301 Å². The Morgan fingerprint density at radius 1 is 0.710 bits per heavy atom. The molecule has 7 aromatic rings. The number of methoxy groups -OCH3 is 1. The second-order valence-corrected chi connectivity index (χ2v) is 28.0. The number of nitrogens with zero attached hydrogens (tertiary/aromatic N) is 9. The fourth-order valence-corrected chi connectivity index (χ4v) is 14.6. The number of Topliss-reactive ketones (excluding diaryl/α,β-unsaturated/α-hetero) is 1. The first-order chi connectivity index (χ1) is 46.4. The van der Waals surface area contributed by atoms with Gasteiger partial charge < -0.3 is 34.0 Å². The number of esters is 4. The molecule has 23 nitrogen and oxygen atoms in total. The van der Waals surface area contributed by atoms with Gasteiger partial charge in [0, 0.05) is 82.7 Å². The van der Waals surface area contributed by atoms with E-state index >= 15 is 8.78 Å². The number of carbonyl (C=O) groups excluding carboxylic acids is 6. The molecule has 0 amide bonds. The van der Waals surface area contributed by atoms with E-state index < -0.39 is 159 Å². The molecule has 0 aliphatic heterocycles. The van der Waals surface area contributed by atoms with Crippen molar-refractivity contribution in [1.82, 2.24) is 44.1 Å². The molecule has 6 aliphatic rings. The largest absolute Gasteiger partial charge is 1.00 e. The van der Waals surface area contributed by atoms with Crippen molar-refractivity contribution in [3.63, 3.8) is 0 Å². The monoisotopic (exact) mass is 1450 g/mol. The fourth-order valence-electron chi connectivity index (χ4n) is 13.6. The molecule has 100 heavy (non-hydrogen) atoms. The van der Waals surface area contributed by atoms with Gasteiger partial charge in [-0.05, 0) is 120 Å². The summed E-state index contributed by atoms with van der Waals surface area (Å²) in [6.07, 6.45) is 1.26. The molecule has 0 bridgehead atoms. The summed E-state index contributed by atoms with van der Waals surface area (Å²) in [6.45, 7) is 6.01. The summed E-state index contributed by atoms with van der Waals surface area (Å²) in [5.41, 5.74) is -0.885. The number of ether oxygens (including phenoxy) is 4. The first-order valence-corrected chi connectivity index (χ1v) is 33.7. The second kappa shape index (κ2) is 27.7. The molecule has 13 rings (SSSR count). The van der Waals surface area contributed by atoms with Gasteiger partial charge in [0.2, 0.25) is 0 Å². The molecular weight excluding hydrogens is 1390 g/mol. The summed E-state index contributed by atoms with van der Waals surface area (Å²) in [6, 6.07) is 9.37. The SMILES string of the molecule is CCOC(=O)c1nn(CC(=O)C[C@@H](Cc2cc(F)cc(F)c2)c2nc(C#CC(C)(C)O)ccc2-c2ccc(Cl)c3c(CS(C)(=O)=O)nn(C)c23)c2c1[C@H]1C[C@H]1C2(F)F.CCOC(=O)c1nn(CC(=O)OC)c2c1[C@H]1CC1C2(F)F.CCOC(=O)c1nn(CC(=O)[O-])c2c1[C@H]1CC1C2(F)F.[Na+]. The third kappa shape index (κ3) is 14.4. The quantitative estimate of drug-likeness (QED) is 0.0334. The number of aryl methyl sites for hydroxylation is 1. The van der Waals surface area contributed by atoms with Crippen LogP contribution in [0.15, 0.2) is 42.5 Å². The maximum atomic E-state index is 15.7. The number of halogens is 9. The zero-order valence-corrected chi connectivity index (χ0v) is 58.7. The molecule has 34 heteroatoms. The minimum atomic E-state index is -3.56. The Hall–Kier alpha value is -8.09. The Balaban J connectivity index is 0.000000207. The van der Waals surface area contributed by atoms with Gasteiger partial charge >= 0.3 is 53.4 Å². The molecule has 2 unspecified atom stereocenters. The number of alkyl halides is 6. The van der Waals surface area contributed by atoms with E-state index in [1.165, 1.54) is 18.5 Å². The number of aliphatic hydroxyl groups is 1. The van der Waals surface area contributed by atoms with Crippen LogP contribution in [0.5, 0.6) is 0 Å².